The van der Waals surface area contributed by atoms with E-state index < -0.39 is 48.2 Å². The first-order valence-corrected chi connectivity index (χ1v) is 12.0. The van der Waals surface area contributed by atoms with Gasteiger partial charge in [-0.2, -0.15) is 0 Å². The van der Waals surface area contributed by atoms with E-state index in [4.69, 9.17) is 18.9 Å². The number of aliphatic hydroxyl groups is 2. The first-order valence-electron chi connectivity index (χ1n) is 12.0. The lowest BCUT2D eigenvalue weighted by Crippen LogP contribution is -2.61. The molecule has 0 aliphatic carbocycles. The highest BCUT2D eigenvalue weighted by Gasteiger charge is 2.50. The quantitative estimate of drug-likeness (QED) is 0.354. The topological polar surface area (TPSA) is 112 Å². The highest BCUT2D eigenvalue weighted by molar-refractivity contribution is 5.67. The SMILES string of the molecule is CC(=O)O[C@@H]1[C@@H](OC(C)=O)[C@H](O)[C@@H](COC(c2ccccc2)(c2ccccc2)c2ccccc2)O[C@@H]1O. The summed E-state index contributed by atoms with van der Waals surface area (Å²) in [7, 11) is 0. The average Bonchev–Trinajstić information content (AvgIpc) is 2.90. The molecule has 5 atom stereocenters. The number of ether oxygens (including phenoxy) is 4. The van der Waals surface area contributed by atoms with Crippen molar-refractivity contribution in [3.05, 3.63) is 108 Å². The van der Waals surface area contributed by atoms with E-state index >= 15 is 0 Å². The van der Waals surface area contributed by atoms with E-state index in [0.717, 1.165) is 30.5 Å². The smallest absolute Gasteiger partial charge is 0.303 e. The van der Waals surface area contributed by atoms with Crippen LogP contribution in [0.25, 0.3) is 0 Å². The molecule has 1 heterocycles. The van der Waals surface area contributed by atoms with Gasteiger partial charge in [-0.3, -0.25) is 9.59 Å². The maximum atomic E-state index is 11.7. The van der Waals surface area contributed by atoms with E-state index in [1.54, 1.807) is 0 Å². The third kappa shape index (κ3) is 5.73. The first-order chi connectivity index (χ1) is 17.8. The first kappa shape index (κ1) is 26.5. The van der Waals surface area contributed by atoms with Crippen LogP contribution in [0, 0.1) is 0 Å². The van der Waals surface area contributed by atoms with Crippen LogP contribution in [0.1, 0.15) is 30.5 Å². The summed E-state index contributed by atoms with van der Waals surface area (Å²) >= 11 is 0. The predicted molar refractivity (Wildman–Crippen MR) is 133 cm³/mol. The van der Waals surface area contributed by atoms with Gasteiger partial charge < -0.3 is 29.2 Å². The third-order valence-corrected chi connectivity index (χ3v) is 6.25. The number of hydrogen-bond acceptors (Lipinski definition) is 8. The zero-order valence-corrected chi connectivity index (χ0v) is 20.6. The number of benzene rings is 3. The third-order valence-electron chi connectivity index (χ3n) is 6.25. The molecule has 1 saturated heterocycles. The lowest BCUT2D eigenvalue weighted by molar-refractivity contribution is -0.297. The lowest BCUT2D eigenvalue weighted by Gasteiger charge is -2.43. The molecule has 8 heteroatoms. The summed E-state index contributed by atoms with van der Waals surface area (Å²) in [5.41, 5.74) is 1.43. The summed E-state index contributed by atoms with van der Waals surface area (Å²) in [6.07, 6.45) is -6.95. The summed E-state index contributed by atoms with van der Waals surface area (Å²) in [5, 5.41) is 21.7. The van der Waals surface area contributed by atoms with Crippen molar-refractivity contribution in [1.29, 1.82) is 0 Å². The molecular weight excluding hydrogens is 476 g/mol. The van der Waals surface area contributed by atoms with Crippen molar-refractivity contribution < 1.29 is 38.7 Å². The molecule has 0 saturated carbocycles. The van der Waals surface area contributed by atoms with Crippen LogP contribution in [0.15, 0.2) is 91.0 Å². The maximum absolute atomic E-state index is 11.7. The van der Waals surface area contributed by atoms with Crippen LogP contribution in [0.2, 0.25) is 0 Å². The van der Waals surface area contributed by atoms with Crippen LogP contribution in [-0.4, -0.2) is 59.5 Å². The van der Waals surface area contributed by atoms with Gasteiger partial charge in [-0.05, 0) is 16.7 Å². The van der Waals surface area contributed by atoms with Gasteiger partial charge in [-0.15, -0.1) is 0 Å². The van der Waals surface area contributed by atoms with Gasteiger partial charge in [0.15, 0.2) is 18.5 Å². The molecule has 8 nitrogen and oxygen atoms in total. The van der Waals surface area contributed by atoms with Gasteiger partial charge in [0.1, 0.15) is 17.8 Å². The lowest BCUT2D eigenvalue weighted by atomic mass is 9.80. The van der Waals surface area contributed by atoms with Crippen LogP contribution < -0.4 is 0 Å². The predicted octanol–water partition coefficient (Wildman–Crippen LogP) is 2.94. The van der Waals surface area contributed by atoms with Crippen molar-refractivity contribution in [1.82, 2.24) is 0 Å². The van der Waals surface area contributed by atoms with Gasteiger partial charge in [0.25, 0.3) is 0 Å². The van der Waals surface area contributed by atoms with Crippen LogP contribution in [-0.2, 0) is 34.1 Å². The van der Waals surface area contributed by atoms with E-state index in [-0.39, 0.29) is 6.61 Å². The van der Waals surface area contributed by atoms with Gasteiger partial charge in [-0.25, -0.2) is 0 Å². The van der Waals surface area contributed by atoms with Crippen LogP contribution in [0.3, 0.4) is 0 Å². The molecule has 3 aromatic rings. The van der Waals surface area contributed by atoms with Gasteiger partial charge in [0, 0.05) is 13.8 Å². The molecule has 2 N–H and O–H groups in total. The van der Waals surface area contributed by atoms with Crippen LogP contribution in [0.5, 0.6) is 0 Å². The molecule has 0 unspecified atom stereocenters. The minimum Gasteiger partial charge on any atom is -0.455 e. The highest BCUT2D eigenvalue weighted by Crippen LogP contribution is 2.41. The molecule has 0 amide bonds. The Morgan fingerprint density at radius 1 is 0.730 bits per heavy atom. The maximum Gasteiger partial charge on any atom is 0.303 e. The Morgan fingerprint density at radius 3 is 1.54 bits per heavy atom. The summed E-state index contributed by atoms with van der Waals surface area (Å²) in [4.78, 5) is 23.3. The number of carbonyl (C=O) groups is 2. The Hall–Kier alpha value is -3.56. The van der Waals surface area contributed by atoms with Gasteiger partial charge >= 0.3 is 11.9 Å². The summed E-state index contributed by atoms with van der Waals surface area (Å²) < 4.78 is 22.6. The average molecular weight is 507 g/mol. The fourth-order valence-electron chi connectivity index (χ4n) is 4.66. The Balaban J connectivity index is 1.73. The van der Waals surface area contributed by atoms with Gasteiger partial charge in [-0.1, -0.05) is 91.0 Å². The molecule has 0 spiro atoms. The molecule has 0 aromatic heterocycles. The molecule has 1 aliphatic heterocycles. The highest BCUT2D eigenvalue weighted by atomic mass is 16.7. The second-order valence-electron chi connectivity index (χ2n) is 8.79. The number of aliphatic hydroxyl groups excluding tert-OH is 2. The molecule has 1 aliphatic rings. The van der Waals surface area contributed by atoms with E-state index in [9.17, 15) is 19.8 Å². The monoisotopic (exact) mass is 506 g/mol. The minimum atomic E-state index is -1.65. The number of rotatable bonds is 8. The standard InChI is InChI=1S/C29H30O8/c1-19(30)35-26-25(32)24(37-28(33)27(26)36-20(2)31)18-34-29(21-12-6-3-7-13-21,22-14-8-4-9-15-22)23-16-10-5-11-17-23/h3-17,24-28,32-33H,18H2,1-2H3/t24-,25-,26+,27-,28+/m1/s1. The number of carbonyl (C=O) groups excluding carboxylic acids is 2. The van der Waals surface area contributed by atoms with Gasteiger partial charge in [0.05, 0.1) is 6.61 Å². The normalized spacial score (nSPS) is 23.7. The summed E-state index contributed by atoms with van der Waals surface area (Å²) in [6, 6.07) is 28.9. The Kier molecular flexibility index (Phi) is 8.35. The Labute approximate surface area is 215 Å². The van der Waals surface area contributed by atoms with Crippen LogP contribution >= 0.6 is 0 Å². The Bertz CT molecular complexity index is 1070. The second-order valence-corrected chi connectivity index (χ2v) is 8.79. The van der Waals surface area contributed by atoms with Crippen molar-refractivity contribution in [2.45, 2.75) is 50.2 Å². The second kappa shape index (κ2) is 11.7. The van der Waals surface area contributed by atoms with E-state index in [0.29, 0.717) is 0 Å². The zero-order chi connectivity index (χ0) is 26.4. The van der Waals surface area contributed by atoms with E-state index in [1.807, 2.05) is 91.0 Å². The summed E-state index contributed by atoms with van der Waals surface area (Å²) in [6.45, 7) is 2.12. The molecule has 0 bridgehead atoms. The fraction of sp³-hybridized carbons (Fsp3) is 0.310. The summed E-state index contributed by atoms with van der Waals surface area (Å²) in [5.74, 6) is -1.43. The fourth-order valence-corrected chi connectivity index (χ4v) is 4.66. The largest absolute Gasteiger partial charge is 0.455 e. The van der Waals surface area contributed by atoms with Crippen molar-refractivity contribution in [3.63, 3.8) is 0 Å². The molecular formula is C29H30O8. The van der Waals surface area contributed by atoms with Gasteiger partial charge in [0.2, 0.25) is 0 Å². The number of hydrogen-bond donors (Lipinski definition) is 2. The molecule has 0 radical (unpaired) electrons. The molecule has 4 rings (SSSR count). The van der Waals surface area contributed by atoms with E-state index in [2.05, 4.69) is 0 Å². The van der Waals surface area contributed by atoms with Crippen molar-refractivity contribution in [2.75, 3.05) is 6.61 Å². The van der Waals surface area contributed by atoms with E-state index in [1.165, 1.54) is 0 Å². The zero-order valence-electron chi connectivity index (χ0n) is 20.6. The molecule has 3 aromatic carbocycles. The minimum absolute atomic E-state index is 0.193. The van der Waals surface area contributed by atoms with Crippen molar-refractivity contribution in [2.24, 2.45) is 0 Å². The molecule has 1 fully saturated rings. The number of esters is 2. The Morgan fingerprint density at radius 2 is 1.14 bits per heavy atom. The molecule has 37 heavy (non-hydrogen) atoms. The van der Waals surface area contributed by atoms with Crippen LogP contribution in [0.4, 0.5) is 0 Å². The van der Waals surface area contributed by atoms with Crippen molar-refractivity contribution in [3.8, 4) is 0 Å². The van der Waals surface area contributed by atoms with Crippen molar-refractivity contribution >= 4 is 11.9 Å². The molecule has 194 valence electrons.